The van der Waals surface area contributed by atoms with Crippen LogP contribution in [0.5, 0.6) is 0 Å². The van der Waals surface area contributed by atoms with E-state index in [9.17, 15) is 9.18 Å². The lowest BCUT2D eigenvalue weighted by atomic mass is 10.1. The van der Waals surface area contributed by atoms with E-state index in [0.29, 0.717) is 11.6 Å². The Morgan fingerprint density at radius 2 is 1.79 bits per heavy atom. The Bertz CT molecular complexity index is 987. The maximum absolute atomic E-state index is 13.0. The Labute approximate surface area is 169 Å². The minimum atomic E-state index is -0.393. The average molecular weight is 393 g/mol. The number of amides is 1. The molecule has 0 radical (unpaired) electrons. The summed E-state index contributed by atoms with van der Waals surface area (Å²) in [6.45, 7) is 8.15. The summed E-state index contributed by atoms with van der Waals surface area (Å²) in [5.74, 6) is -0.426. The van der Waals surface area contributed by atoms with Gasteiger partial charge in [0.15, 0.2) is 0 Å². The quantitative estimate of drug-likeness (QED) is 0.605. The van der Waals surface area contributed by atoms with Gasteiger partial charge in [0.05, 0.1) is 0 Å². The van der Waals surface area contributed by atoms with E-state index in [2.05, 4.69) is 45.4 Å². The number of carbonyl (C=O) groups excluding carboxylic acids is 1. The zero-order valence-corrected chi connectivity index (χ0v) is 16.7. The molecule has 29 heavy (non-hydrogen) atoms. The third-order valence-electron chi connectivity index (χ3n) is 4.58. The third-order valence-corrected chi connectivity index (χ3v) is 4.58. The highest BCUT2D eigenvalue weighted by Gasteiger charge is 2.11. The van der Waals surface area contributed by atoms with E-state index in [4.69, 9.17) is 0 Å². The van der Waals surface area contributed by atoms with Gasteiger partial charge in [-0.1, -0.05) is 0 Å². The maximum atomic E-state index is 13.0. The first-order valence-corrected chi connectivity index (χ1v) is 9.52. The predicted octanol–water partition coefficient (Wildman–Crippen LogP) is 4.77. The summed E-state index contributed by atoms with van der Waals surface area (Å²) in [5.41, 5.74) is 3.79. The van der Waals surface area contributed by atoms with Gasteiger partial charge in [-0.2, -0.15) is 0 Å². The first-order valence-electron chi connectivity index (χ1n) is 9.52. The fraction of sp³-hybridized carbons (Fsp3) is 0.227. The number of hydrogen-bond acceptors (Lipinski definition) is 5. The van der Waals surface area contributed by atoms with Gasteiger partial charge in [-0.15, -0.1) is 0 Å². The summed E-state index contributed by atoms with van der Waals surface area (Å²) in [6, 6.07) is 13.2. The van der Waals surface area contributed by atoms with Crippen LogP contribution in [0.2, 0.25) is 0 Å². The van der Waals surface area contributed by atoms with Crippen LogP contribution in [-0.2, 0) is 0 Å². The molecule has 3 aromatic rings. The van der Waals surface area contributed by atoms with Gasteiger partial charge in [-0.05, 0) is 74.9 Å². The van der Waals surface area contributed by atoms with Crippen LogP contribution >= 0.6 is 0 Å². The molecule has 7 heteroatoms. The summed E-state index contributed by atoms with van der Waals surface area (Å²) in [7, 11) is 0. The molecule has 0 saturated heterocycles. The number of carbonyl (C=O) groups is 1. The molecule has 1 heterocycles. The molecular formula is C22H24FN5O. The van der Waals surface area contributed by atoms with E-state index in [0.717, 1.165) is 30.0 Å². The topological polar surface area (TPSA) is 70.2 Å². The second kappa shape index (κ2) is 9.14. The lowest BCUT2D eigenvalue weighted by Gasteiger charge is -2.22. The van der Waals surface area contributed by atoms with E-state index in [1.807, 2.05) is 19.1 Å². The predicted molar refractivity (Wildman–Crippen MR) is 114 cm³/mol. The highest BCUT2D eigenvalue weighted by Crippen LogP contribution is 2.24. The van der Waals surface area contributed by atoms with Gasteiger partial charge in [0, 0.05) is 36.3 Å². The molecular weight excluding hydrogens is 369 g/mol. The summed E-state index contributed by atoms with van der Waals surface area (Å²) >= 11 is 0. The Morgan fingerprint density at radius 3 is 2.45 bits per heavy atom. The van der Waals surface area contributed by atoms with Crippen molar-refractivity contribution in [1.29, 1.82) is 0 Å². The van der Waals surface area contributed by atoms with E-state index in [1.165, 1.54) is 36.5 Å². The molecule has 2 aromatic carbocycles. The van der Waals surface area contributed by atoms with Gasteiger partial charge in [-0.25, -0.2) is 14.4 Å². The molecule has 0 saturated carbocycles. The van der Waals surface area contributed by atoms with E-state index < -0.39 is 5.91 Å². The van der Waals surface area contributed by atoms with Crippen molar-refractivity contribution in [2.24, 2.45) is 0 Å². The van der Waals surface area contributed by atoms with Gasteiger partial charge < -0.3 is 15.5 Å². The lowest BCUT2D eigenvalue weighted by Crippen LogP contribution is -2.21. The SMILES string of the molecule is CCN(CC)c1ccc(Nc2nccc(C(=O)Nc3ccc(F)cc3)n2)c(C)c1. The van der Waals surface area contributed by atoms with Gasteiger partial charge in [-0.3, -0.25) is 4.79 Å². The summed E-state index contributed by atoms with van der Waals surface area (Å²) in [6.07, 6.45) is 1.52. The number of aryl methyl sites for hydroxylation is 1. The van der Waals surface area contributed by atoms with Crippen LogP contribution < -0.4 is 15.5 Å². The Kier molecular flexibility index (Phi) is 6.39. The number of anilines is 4. The molecule has 0 aliphatic carbocycles. The fourth-order valence-corrected chi connectivity index (χ4v) is 2.97. The number of aromatic nitrogens is 2. The molecule has 3 rings (SSSR count). The smallest absolute Gasteiger partial charge is 0.274 e. The monoisotopic (exact) mass is 393 g/mol. The van der Waals surface area contributed by atoms with Gasteiger partial charge in [0.2, 0.25) is 5.95 Å². The van der Waals surface area contributed by atoms with Crippen LogP contribution in [0.3, 0.4) is 0 Å². The van der Waals surface area contributed by atoms with Crippen LogP contribution in [0.25, 0.3) is 0 Å². The van der Waals surface area contributed by atoms with Gasteiger partial charge >= 0.3 is 0 Å². The third kappa shape index (κ3) is 5.07. The second-order valence-corrected chi connectivity index (χ2v) is 6.52. The van der Waals surface area contributed by atoms with Crippen molar-refractivity contribution in [2.45, 2.75) is 20.8 Å². The Morgan fingerprint density at radius 1 is 1.07 bits per heavy atom. The van der Waals surface area contributed by atoms with Crippen LogP contribution in [0.15, 0.2) is 54.7 Å². The zero-order valence-electron chi connectivity index (χ0n) is 16.7. The Balaban J connectivity index is 1.74. The van der Waals surface area contributed by atoms with E-state index in [-0.39, 0.29) is 11.5 Å². The molecule has 0 atom stereocenters. The summed E-state index contributed by atoms with van der Waals surface area (Å²) in [4.78, 5) is 23.2. The molecule has 2 N–H and O–H groups in total. The van der Waals surface area contributed by atoms with E-state index in [1.54, 1.807) is 0 Å². The van der Waals surface area contributed by atoms with Crippen molar-refractivity contribution in [3.8, 4) is 0 Å². The molecule has 150 valence electrons. The first-order chi connectivity index (χ1) is 14.0. The molecule has 0 bridgehead atoms. The fourth-order valence-electron chi connectivity index (χ4n) is 2.97. The lowest BCUT2D eigenvalue weighted by molar-refractivity contribution is 0.102. The van der Waals surface area contributed by atoms with Crippen LogP contribution in [-0.4, -0.2) is 29.0 Å². The number of nitrogens with one attached hydrogen (secondary N) is 2. The van der Waals surface area contributed by atoms with Crippen LogP contribution in [0, 0.1) is 12.7 Å². The van der Waals surface area contributed by atoms with Crippen molar-refractivity contribution in [3.63, 3.8) is 0 Å². The van der Waals surface area contributed by atoms with Crippen molar-refractivity contribution >= 4 is 28.9 Å². The minimum Gasteiger partial charge on any atom is -0.372 e. The molecule has 0 unspecified atom stereocenters. The van der Waals surface area contributed by atoms with Gasteiger partial charge in [0.25, 0.3) is 5.91 Å². The van der Waals surface area contributed by atoms with Crippen LogP contribution in [0.4, 0.5) is 27.4 Å². The standard InChI is InChI=1S/C22H24FN5O/c1-4-28(5-2)18-10-11-19(15(3)14-18)26-22-24-13-12-20(27-22)21(29)25-17-8-6-16(23)7-9-17/h6-14H,4-5H2,1-3H3,(H,25,29)(H,24,26,27). The highest BCUT2D eigenvalue weighted by atomic mass is 19.1. The highest BCUT2D eigenvalue weighted by molar-refractivity contribution is 6.03. The molecule has 0 aliphatic rings. The second-order valence-electron chi connectivity index (χ2n) is 6.52. The number of hydrogen-bond donors (Lipinski definition) is 2. The normalized spacial score (nSPS) is 10.5. The largest absolute Gasteiger partial charge is 0.372 e. The molecule has 6 nitrogen and oxygen atoms in total. The number of rotatable bonds is 7. The number of benzene rings is 2. The van der Waals surface area contributed by atoms with Crippen molar-refractivity contribution in [2.75, 3.05) is 28.6 Å². The minimum absolute atomic E-state index is 0.212. The van der Waals surface area contributed by atoms with Crippen molar-refractivity contribution in [1.82, 2.24) is 9.97 Å². The molecule has 0 spiro atoms. The summed E-state index contributed by atoms with van der Waals surface area (Å²) < 4.78 is 13.0. The maximum Gasteiger partial charge on any atom is 0.274 e. The first kappa shape index (κ1) is 20.3. The molecule has 0 fully saturated rings. The molecule has 1 amide bonds. The zero-order chi connectivity index (χ0) is 20.8. The number of halogens is 1. The van der Waals surface area contributed by atoms with E-state index >= 15 is 0 Å². The average Bonchev–Trinajstić information content (AvgIpc) is 2.73. The molecule has 1 aromatic heterocycles. The van der Waals surface area contributed by atoms with Crippen molar-refractivity contribution < 1.29 is 9.18 Å². The molecule has 0 aliphatic heterocycles. The van der Waals surface area contributed by atoms with Gasteiger partial charge in [0.1, 0.15) is 11.5 Å². The van der Waals surface area contributed by atoms with Crippen molar-refractivity contribution in [3.05, 3.63) is 71.8 Å². The number of nitrogens with zero attached hydrogens (tertiary/aromatic N) is 3. The van der Waals surface area contributed by atoms with Crippen LogP contribution in [0.1, 0.15) is 29.9 Å². The Hall–Kier alpha value is -3.48. The summed E-state index contributed by atoms with van der Waals surface area (Å²) in [5, 5.41) is 5.86.